The van der Waals surface area contributed by atoms with Crippen molar-refractivity contribution in [3.05, 3.63) is 88.2 Å². The number of aromatic amines is 1. The Hall–Kier alpha value is -3.42. The Balaban J connectivity index is 1.34. The predicted octanol–water partition coefficient (Wildman–Crippen LogP) is 6.89. The number of nitrogens with zero attached hydrogens (tertiary/aromatic N) is 3. The fourth-order valence-corrected chi connectivity index (χ4v) is 4.42. The molecule has 0 saturated carbocycles. The van der Waals surface area contributed by atoms with E-state index in [1.54, 1.807) is 6.07 Å². The molecule has 0 fully saturated rings. The average molecular weight is 538 g/mol. The second kappa shape index (κ2) is 12.7. The second-order valence-electron chi connectivity index (χ2n) is 8.92. The maximum absolute atomic E-state index is 12.5. The smallest absolute Gasteiger partial charge is 0.175 e. The van der Waals surface area contributed by atoms with Crippen molar-refractivity contribution < 1.29 is 9.53 Å². The molecule has 0 aliphatic rings. The molecule has 4 rings (SSSR count). The molecule has 7 nitrogen and oxygen atoms in total. The van der Waals surface area contributed by atoms with Crippen molar-refractivity contribution in [1.82, 2.24) is 20.6 Å². The van der Waals surface area contributed by atoms with Gasteiger partial charge in [0.2, 0.25) is 0 Å². The number of tetrazole rings is 1. The number of halogens is 2. The maximum Gasteiger partial charge on any atom is 0.175 e. The van der Waals surface area contributed by atoms with E-state index < -0.39 is 0 Å². The summed E-state index contributed by atoms with van der Waals surface area (Å²) in [6.07, 6.45) is 1.79. The van der Waals surface area contributed by atoms with Gasteiger partial charge < -0.3 is 10.1 Å². The number of benzene rings is 3. The normalized spacial score (nSPS) is 12.6. The number of Topliss-reactive ketones (excluding diaryl/α,β-unsaturated/α-hetero) is 1. The standard InChI is InChI=1S/C28H29Cl2N5O2/c1-3-18(2)26(17-37-23-11-6-19(7-12-23)24-13-8-21(29)16-25(24)30)31-22-9-4-20(5-10-22)27(36)14-15-28-32-34-35-33-28/h4-13,16,18,26,31H,3,14-15,17H2,1-2H3,(H,32,33,34,35)/t18-,26+/m0/s1. The maximum atomic E-state index is 12.5. The number of anilines is 1. The molecule has 192 valence electrons. The monoisotopic (exact) mass is 537 g/mol. The fraction of sp³-hybridized carbons (Fsp3) is 0.286. The number of aromatic nitrogens is 4. The van der Waals surface area contributed by atoms with Crippen LogP contribution in [-0.2, 0) is 6.42 Å². The lowest BCUT2D eigenvalue weighted by atomic mass is 9.99. The summed E-state index contributed by atoms with van der Waals surface area (Å²) in [7, 11) is 0. The first-order chi connectivity index (χ1) is 17.9. The summed E-state index contributed by atoms with van der Waals surface area (Å²) in [6, 6.07) is 21.0. The Kier molecular flexibility index (Phi) is 9.14. The van der Waals surface area contributed by atoms with Gasteiger partial charge in [-0.25, -0.2) is 0 Å². The molecule has 2 N–H and O–H groups in total. The van der Waals surface area contributed by atoms with Gasteiger partial charge in [0.15, 0.2) is 11.6 Å². The van der Waals surface area contributed by atoms with E-state index in [-0.39, 0.29) is 11.8 Å². The van der Waals surface area contributed by atoms with Crippen molar-refractivity contribution in [1.29, 1.82) is 0 Å². The third-order valence-corrected chi connectivity index (χ3v) is 6.93. The first-order valence-electron chi connectivity index (χ1n) is 12.2. The zero-order chi connectivity index (χ0) is 26.2. The second-order valence-corrected chi connectivity index (χ2v) is 9.77. The van der Waals surface area contributed by atoms with Gasteiger partial charge >= 0.3 is 0 Å². The molecule has 0 saturated heterocycles. The van der Waals surface area contributed by atoms with Crippen LogP contribution in [0.4, 0.5) is 5.69 Å². The van der Waals surface area contributed by atoms with E-state index in [4.69, 9.17) is 27.9 Å². The molecule has 37 heavy (non-hydrogen) atoms. The molecular formula is C28H29Cl2N5O2. The molecule has 0 radical (unpaired) electrons. The van der Waals surface area contributed by atoms with Gasteiger partial charge in [-0.3, -0.25) is 4.79 Å². The number of aryl methyl sites for hydroxylation is 1. The van der Waals surface area contributed by atoms with Crippen LogP contribution < -0.4 is 10.1 Å². The van der Waals surface area contributed by atoms with Crippen LogP contribution in [0.3, 0.4) is 0 Å². The molecule has 3 aromatic carbocycles. The SMILES string of the molecule is CC[C@H](C)[C@@H](COc1ccc(-c2ccc(Cl)cc2Cl)cc1)Nc1ccc(C(=O)CCc2nn[nH]n2)cc1. The molecule has 2 atom stereocenters. The number of nitrogens with one attached hydrogen (secondary N) is 2. The van der Waals surface area contributed by atoms with Gasteiger partial charge in [0.1, 0.15) is 12.4 Å². The highest BCUT2D eigenvalue weighted by Gasteiger charge is 2.17. The molecule has 9 heteroatoms. The number of ketones is 1. The first kappa shape index (κ1) is 26.6. The van der Waals surface area contributed by atoms with E-state index in [1.807, 2.05) is 60.7 Å². The molecule has 4 aromatic rings. The lowest BCUT2D eigenvalue weighted by Gasteiger charge is -2.25. The number of rotatable bonds is 12. The molecule has 0 aliphatic heterocycles. The van der Waals surface area contributed by atoms with Crippen LogP contribution in [0.25, 0.3) is 11.1 Å². The minimum Gasteiger partial charge on any atom is -0.491 e. The molecule has 0 aliphatic carbocycles. The zero-order valence-electron chi connectivity index (χ0n) is 20.7. The highest BCUT2D eigenvalue weighted by molar-refractivity contribution is 6.36. The molecule has 0 bridgehead atoms. The van der Waals surface area contributed by atoms with Gasteiger partial charge in [0.05, 0.1) is 6.04 Å². The summed E-state index contributed by atoms with van der Waals surface area (Å²) in [5.41, 5.74) is 3.52. The van der Waals surface area contributed by atoms with Crippen LogP contribution in [0, 0.1) is 5.92 Å². The van der Waals surface area contributed by atoms with Crippen LogP contribution in [-0.4, -0.2) is 39.1 Å². The minimum absolute atomic E-state index is 0.0431. The highest BCUT2D eigenvalue weighted by atomic mass is 35.5. The third kappa shape index (κ3) is 7.31. The van der Waals surface area contributed by atoms with E-state index in [0.29, 0.717) is 46.8 Å². The van der Waals surface area contributed by atoms with Gasteiger partial charge in [-0.1, -0.05) is 66.9 Å². The van der Waals surface area contributed by atoms with Crippen molar-refractivity contribution in [3.8, 4) is 16.9 Å². The van der Waals surface area contributed by atoms with Gasteiger partial charge in [-0.05, 0) is 60.0 Å². The Morgan fingerprint density at radius 2 is 1.81 bits per heavy atom. The van der Waals surface area contributed by atoms with Crippen LogP contribution >= 0.6 is 23.2 Å². The van der Waals surface area contributed by atoms with Crippen molar-refractivity contribution in [3.63, 3.8) is 0 Å². The Labute approximate surface area is 226 Å². The summed E-state index contributed by atoms with van der Waals surface area (Å²) >= 11 is 12.4. The van der Waals surface area contributed by atoms with Gasteiger partial charge in [0.25, 0.3) is 0 Å². The zero-order valence-corrected chi connectivity index (χ0v) is 22.3. The number of hydrogen-bond donors (Lipinski definition) is 2. The van der Waals surface area contributed by atoms with Crippen molar-refractivity contribution in [2.45, 2.75) is 39.2 Å². The van der Waals surface area contributed by atoms with E-state index >= 15 is 0 Å². The molecule has 1 heterocycles. The van der Waals surface area contributed by atoms with E-state index in [1.165, 1.54) is 0 Å². The van der Waals surface area contributed by atoms with Crippen molar-refractivity contribution >= 4 is 34.7 Å². The summed E-state index contributed by atoms with van der Waals surface area (Å²) in [4.78, 5) is 12.5. The summed E-state index contributed by atoms with van der Waals surface area (Å²) in [6.45, 7) is 4.86. The van der Waals surface area contributed by atoms with Crippen LogP contribution in [0.15, 0.2) is 66.7 Å². The summed E-state index contributed by atoms with van der Waals surface area (Å²) in [5, 5.41) is 18.5. The van der Waals surface area contributed by atoms with Gasteiger partial charge in [0, 0.05) is 39.7 Å². The number of H-pyrrole nitrogens is 1. The topological polar surface area (TPSA) is 92.8 Å². The van der Waals surface area contributed by atoms with E-state index in [0.717, 1.165) is 29.0 Å². The Morgan fingerprint density at radius 3 is 2.46 bits per heavy atom. The van der Waals surface area contributed by atoms with E-state index in [2.05, 4.69) is 39.8 Å². The highest BCUT2D eigenvalue weighted by Crippen LogP contribution is 2.31. The van der Waals surface area contributed by atoms with Gasteiger partial charge in [-0.2, -0.15) is 5.21 Å². The average Bonchev–Trinajstić information content (AvgIpc) is 3.44. The number of ether oxygens (including phenoxy) is 1. The quantitative estimate of drug-likeness (QED) is 0.191. The van der Waals surface area contributed by atoms with Crippen molar-refractivity contribution in [2.24, 2.45) is 5.92 Å². The summed E-state index contributed by atoms with van der Waals surface area (Å²) < 4.78 is 6.14. The fourth-order valence-electron chi connectivity index (χ4n) is 3.90. The van der Waals surface area contributed by atoms with Crippen LogP contribution in [0.1, 0.15) is 42.9 Å². The first-order valence-corrected chi connectivity index (χ1v) is 13.0. The molecular weight excluding hydrogens is 509 g/mol. The molecule has 0 unspecified atom stereocenters. The van der Waals surface area contributed by atoms with Gasteiger partial charge in [-0.15, -0.1) is 10.2 Å². The predicted molar refractivity (Wildman–Crippen MR) is 148 cm³/mol. The molecule has 0 spiro atoms. The number of carbonyl (C=O) groups is 1. The number of carbonyl (C=O) groups excluding carboxylic acids is 1. The summed E-state index contributed by atoms with van der Waals surface area (Å²) in [5.74, 6) is 1.74. The Bertz CT molecular complexity index is 1300. The lowest BCUT2D eigenvalue weighted by Crippen LogP contribution is -2.33. The molecule has 1 aromatic heterocycles. The largest absolute Gasteiger partial charge is 0.491 e. The van der Waals surface area contributed by atoms with E-state index in [9.17, 15) is 4.79 Å². The van der Waals surface area contributed by atoms with Crippen LogP contribution in [0.5, 0.6) is 5.75 Å². The minimum atomic E-state index is 0.0431. The molecule has 0 amide bonds. The van der Waals surface area contributed by atoms with Crippen molar-refractivity contribution in [2.75, 3.05) is 11.9 Å². The Morgan fingerprint density at radius 1 is 1.05 bits per heavy atom. The van der Waals surface area contributed by atoms with Crippen LogP contribution in [0.2, 0.25) is 10.0 Å². The number of hydrogen-bond acceptors (Lipinski definition) is 6. The third-order valence-electron chi connectivity index (χ3n) is 6.38. The lowest BCUT2D eigenvalue weighted by molar-refractivity contribution is 0.0982.